The second kappa shape index (κ2) is 9.82. The van der Waals surface area contributed by atoms with Crippen LogP contribution < -0.4 is 15.6 Å². The Hall–Kier alpha value is -3.48. The van der Waals surface area contributed by atoms with Crippen molar-refractivity contribution in [3.05, 3.63) is 81.9 Å². The van der Waals surface area contributed by atoms with Crippen LogP contribution >= 0.6 is 0 Å². The van der Waals surface area contributed by atoms with E-state index in [-0.39, 0.29) is 23.9 Å². The van der Waals surface area contributed by atoms with E-state index in [4.69, 9.17) is 4.74 Å². The van der Waals surface area contributed by atoms with Gasteiger partial charge >= 0.3 is 0 Å². The molecule has 0 bridgehead atoms. The van der Waals surface area contributed by atoms with Crippen molar-refractivity contribution < 1.29 is 13.9 Å². The van der Waals surface area contributed by atoms with Gasteiger partial charge in [0.2, 0.25) is 0 Å². The number of aryl methyl sites for hydroxylation is 3. The molecule has 1 aromatic heterocycles. The predicted octanol–water partition coefficient (Wildman–Crippen LogP) is 3.25. The van der Waals surface area contributed by atoms with Gasteiger partial charge < -0.3 is 10.1 Å². The van der Waals surface area contributed by atoms with Gasteiger partial charge in [0, 0.05) is 24.7 Å². The van der Waals surface area contributed by atoms with Gasteiger partial charge in [0.25, 0.3) is 11.5 Å². The third-order valence-electron chi connectivity index (χ3n) is 4.56. The molecule has 0 fully saturated rings. The second-order valence-corrected chi connectivity index (χ2v) is 7.05. The highest BCUT2D eigenvalue weighted by molar-refractivity contribution is 5.77. The van der Waals surface area contributed by atoms with E-state index < -0.39 is 0 Å². The van der Waals surface area contributed by atoms with Crippen LogP contribution in [0.25, 0.3) is 11.3 Å². The Morgan fingerprint density at radius 1 is 1.10 bits per heavy atom. The van der Waals surface area contributed by atoms with E-state index >= 15 is 0 Å². The lowest BCUT2D eigenvalue weighted by Gasteiger charge is -2.11. The largest absolute Gasteiger partial charge is 0.484 e. The van der Waals surface area contributed by atoms with Crippen molar-refractivity contribution >= 4 is 5.91 Å². The smallest absolute Gasteiger partial charge is 0.266 e. The molecule has 1 amide bonds. The van der Waals surface area contributed by atoms with Crippen LogP contribution in [-0.2, 0) is 11.3 Å². The number of halogens is 1. The molecule has 0 aliphatic heterocycles. The molecule has 2 aromatic carbocycles. The average Bonchev–Trinajstić information content (AvgIpc) is 2.72. The van der Waals surface area contributed by atoms with Crippen LogP contribution in [0.15, 0.2) is 59.4 Å². The van der Waals surface area contributed by atoms with E-state index in [0.29, 0.717) is 31.0 Å². The first-order valence-electron chi connectivity index (χ1n) is 9.73. The van der Waals surface area contributed by atoms with Crippen molar-refractivity contribution in [2.75, 3.05) is 13.2 Å². The lowest BCUT2D eigenvalue weighted by Crippen LogP contribution is -2.31. The molecule has 0 radical (unpaired) electrons. The summed E-state index contributed by atoms with van der Waals surface area (Å²) in [6, 6.07) is 14.8. The summed E-state index contributed by atoms with van der Waals surface area (Å²) in [5.74, 6) is 0.129. The molecule has 3 aromatic rings. The first kappa shape index (κ1) is 21.2. The fourth-order valence-corrected chi connectivity index (χ4v) is 3.00. The molecule has 0 saturated carbocycles. The minimum atomic E-state index is -0.329. The first-order chi connectivity index (χ1) is 14.4. The number of benzene rings is 2. The molecule has 1 N–H and O–H groups in total. The molecule has 30 heavy (non-hydrogen) atoms. The summed E-state index contributed by atoms with van der Waals surface area (Å²) in [5.41, 5.74) is 3.19. The monoisotopic (exact) mass is 409 g/mol. The number of carbonyl (C=O) groups is 1. The number of aromatic nitrogens is 2. The SMILES string of the molecule is Cc1ccc(OCC(=O)NCCCn2nc(-c3ccc(F)cc3)ccc2=O)c(C)c1. The molecule has 0 aliphatic rings. The molecule has 0 spiro atoms. The van der Waals surface area contributed by atoms with Gasteiger partial charge in [-0.2, -0.15) is 5.10 Å². The quantitative estimate of drug-likeness (QED) is 0.580. The summed E-state index contributed by atoms with van der Waals surface area (Å²) in [7, 11) is 0. The summed E-state index contributed by atoms with van der Waals surface area (Å²) >= 11 is 0. The normalized spacial score (nSPS) is 10.6. The van der Waals surface area contributed by atoms with Crippen molar-refractivity contribution in [2.24, 2.45) is 0 Å². The van der Waals surface area contributed by atoms with Crippen LogP contribution in [0.5, 0.6) is 5.75 Å². The highest BCUT2D eigenvalue weighted by Gasteiger charge is 2.06. The molecule has 0 unspecified atom stereocenters. The highest BCUT2D eigenvalue weighted by atomic mass is 19.1. The van der Waals surface area contributed by atoms with Gasteiger partial charge in [0.05, 0.1) is 5.69 Å². The molecule has 6 nitrogen and oxygen atoms in total. The van der Waals surface area contributed by atoms with Gasteiger partial charge in [0.15, 0.2) is 6.61 Å². The van der Waals surface area contributed by atoms with E-state index in [1.54, 1.807) is 18.2 Å². The van der Waals surface area contributed by atoms with Crippen LogP contribution in [0.4, 0.5) is 4.39 Å². The summed E-state index contributed by atoms with van der Waals surface area (Å²) in [6.07, 6.45) is 0.537. The van der Waals surface area contributed by atoms with Crippen LogP contribution in [0.3, 0.4) is 0 Å². The number of nitrogens with one attached hydrogen (secondary N) is 1. The third-order valence-corrected chi connectivity index (χ3v) is 4.56. The number of amides is 1. The van der Waals surface area contributed by atoms with Gasteiger partial charge in [-0.3, -0.25) is 9.59 Å². The molecule has 0 atom stereocenters. The summed E-state index contributed by atoms with van der Waals surface area (Å²) < 4.78 is 20.0. The van der Waals surface area contributed by atoms with Crippen molar-refractivity contribution in [1.82, 2.24) is 15.1 Å². The van der Waals surface area contributed by atoms with Gasteiger partial charge in [-0.1, -0.05) is 17.7 Å². The first-order valence-corrected chi connectivity index (χ1v) is 9.73. The number of hydrogen-bond acceptors (Lipinski definition) is 4. The van der Waals surface area contributed by atoms with Gasteiger partial charge in [-0.05, 0) is 62.2 Å². The van der Waals surface area contributed by atoms with Crippen molar-refractivity contribution in [3.8, 4) is 17.0 Å². The molecule has 156 valence electrons. The van der Waals surface area contributed by atoms with Crippen LogP contribution in [0.2, 0.25) is 0 Å². The van der Waals surface area contributed by atoms with Gasteiger partial charge in [0.1, 0.15) is 11.6 Å². The summed E-state index contributed by atoms with van der Waals surface area (Å²) in [6.45, 7) is 4.61. The Morgan fingerprint density at radius 3 is 2.60 bits per heavy atom. The molecule has 7 heteroatoms. The average molecular weight is 409 g/mol. The van der Waals surface area contributed by atoms with Crippen molar-refractivity contribution in [1.29, 1.82) is 0 Å². The predicted molar refractivity (Wildman–Crippen MR) is 113 cm³/mol. The van der Waals surface area contributed by atoms with E-state index in [1.165, 1.54) is 22.9 Å². The zero-order valence-electron chi connectivity index (χ0n) is 17.0. The van der Waals surface area contributed by atoms with Crippen LogP contribution in [-0.4, -0.2) is 28.8 Å². The Morgan fingerprint density at radius 2 is 1.87 bits per heavy atom. The maximum Gasteiger partial charge on any atom is 0.266 e. The molecular weight excluding hydrogens is 385 g/mol. The minimum Gasteiger partial charge on any atom is -0.484 e. The molecular formula is C23H24FN3O3. The van der Waals surface area contributed by atoms with Crippen LogP contribution in [0.1, 0.15) is 17.5 Å². The number of rotatable bonds is 8. The molecule has 0 saturated heterocycles. The fraction of sp³-hybridized carbons (Fsp3) is 0.261. The van der Waals surface area contributed by atoms with Gasteiger partial charge in [-0.15, -0.1) is 0 Å². The van der Waals surface area contributed by atoms with E-state index in [2.05, 4.69) is 10.4 Å². The Labute approximate surface area is 174 Å². The minimum absolute atomic E-state index is 0.0673. The lowest BCUT2D eigenvalue weighted by atomic mass is 10.1. The third kappa shape index (κ3) is 5.76. The second-order valence-electron chi connectivity index (χ2n) is 7.05. The van der Waals surface area contributed by atoms with E-state index in [9.17, 15) is 14.0 Å². The summed E-state index contributed by atoms with van der Waals surface area (Å²) in [4.78, 5) is 24.0. The summed E-state index contributed by atoms with van der Waals surface area (Å²) in [5, 5.41) is 7.10. The lowest BCUT2D eigenvalue weighted by molar-refractivity contribution is -0.123. The van der Waals surface area contributed by atoms with Gasteiger partial charge in [-0.25, -0.2) is 9.07 Å². The molecule has 0 aliphatic carbocycles. The number of ether oxygens (including phenoxy) is 1. The van der Waals surface area contributed by atoms with Crippen molar-refractivity contribution in [3.63, 3.8) is 0 Å². The van der Waals surface area contributed by atoms with E-state index in [1.807, 2.05) is 32.0 Å². The van der Waals surface area contributed by atoms with E-state index in [0.717, 1.165) is 16.7 Å². The molecule has 3 rings (SSSR count). The highest BCUT2D eigenvalue weighted by Crippen LogP contribution is 2.18. The zero-order valence-corrected chi connectivity index (χ0v) is 17.0. The standard InChI is InChI=1S/C23H24FN3O3/c1-16-4-10-21(17(2)14-16)30-15-22(28)25-12-3-13-27-23(29)11-9-20(26-27)18-5-7-19(24)8-6-18/h4-11,14H,3,12-13,15H2,1-2H3,(H,25,28). The number of carbonyl (C=O) groups excluding carboxylic acids is 1. The maximum absolute atomic E-state index is 13.1. The molecule has 1 heterocycles. The maximum atomic E-state index is 13.1. The fourth-order valence-electron chi connectivity index (χ4n) is 3.00. The Bertz CT molecular complexity index is 1080. The number of hydrogen-bond donors (Lipinski definition) is 1. The Balaban J connectivity index is 1.48. The Kier molecular flexibility index (Phi) is 6.95. The van der Waals surface area contributed by atoms with Crippen molar-refractivity contribution in [2.45, 2.75) is 26.8 Å². The number of nitrogens with zero attached hydrogens (tertiary/aromatic N) is 2. The zero-order chi connectivity index (χ0) is 21.5. The van der Waals surface area contributed by atoms with Crippen LogP contribution in [0, 0.1) is 19.7 Å². The topological polar surface area (TPSA) is 73.2 Å².